The molecule has 6 heteroatoms. The predicted molar refractivity (Wildman–Crippen MR) is 92.7 cm³/mol. The number of hydrogen-bond donors (Lipinski definition) is 2. The molecule has 0 aliphatic carbocycles. The first kappa shape index (κ1) is 20.5. The number of nitrogens with two attached hydrogens (primary N) is 1. The van der Waals surface area contributed by atoms with E-state index in [9.17, 15) is 4.79 Å². The molecule has 0 fully saturated rings. The first-order valence-electron chi connectivity index (χ1n) is 6.95. The summed E-state index contributed by atoms with van der Waals surface area (Å²) in [5.41, 5.74) is 5.79. The van der Waals surface area contributed by atoms with E-state index in [0.29, 0.717) is 36.0 Å². The van der Waals surface area contributed by atoms with E-state index in [1.807, 2.05) is 19.9 Å². The average molecular weight is 354 g/mol. The SMILES string of the molecule is CCC(CC)(C(=O)NCCCN)c1ccc(Cl)c(Cl)c1.Cl. The van der Waals surface area contributed by atoms with Gasteiger partial charge in [-0.15, -0.1) is 12.4 Å². The second-order valence-electron chi connectivity index (χ2n) is 4.82. The number of nitrogens with one attached hydrogen (secondary N) is 1. The van der Waals surface area contributed by atoms with Gasteiger partial charge in [-0.3, -0.25) is 4.79 Å². The van der Waals surface area contributed by atoms with Gasteiger partial charge in [0.25, 0.3) is 0 Å². The Morgan fingerprint density at radius 2 is 1.86 bits per heavy atom. The highest BCUT2D eigenvalue weighted by Crippen LogP contribution is 2.35. The number of halogens is 3. The molecule has 21 heavy (non-hydrogen) atoms. The molecule has 0 spiro atoms. The third-order valence-corrected chi connectivity index (χ3v) is 4.52. The molecule has 0 saturated carbocycles. The van der Waals surface area contributed by atoms with Crippen LogP contribution >= 0.6 is 35.6 Å². The lowest BCUT2D eigenvalue weighted by molar-refractivity contribution is -0.127. The van der Waals surface area contributed by atoms with Gasteiger partial charge in [-0.1, -0.05) is 43.1 Å². The minimum Gasteiger partial charge on any atom is -0.355 e. The van der Waals surface area contributed by atoms with Crippen LogP contribution in [0.3, 0.4) is 0 Å². The predicted octanol–water partition coefficient (Wildman–Crippen LogP) is 3.94. The van der Waals surface area contributed by atoms with Crippen LogP contribution in [-0.2, 0) is 10.2 Å². The van der Waals surface area contributed by atoms with Crippen molar-refractivity contribution in [1.82, 2.24) is 5.32 Å². The van der Waals surface area contributed by atoms with E-state index >= 15 is 0 Å². The highest BCUT2D eigenvalue weighted by atomic mass is 35.5. The molecule has 0 heterocycles. The highest BCUT2D eigenvalue weighted by Gasteiger charge is 2.36. The fraction of sp³-hybridized carbons (Fsp3) is 0.533. The van der Waals surface area contributed by atoms with Crippen LogP contribution in [0.5, 0.6) is 0 Å². The van der Waals surface area contributed by atoms with Crippen LogP contribution in [-0.4, -0.2) is 19.0 Å². The molecule has 0 unspecified atom stereocenters. The molecule has 3 nitrogen and oxygen atoms in total. The summed E-state index contributed by atoms with van der Waals surface area (Å²) in [7, 11) is 0. The second kappa shape index (κ2) is 9.52. The Balaban J connectivity index is 0.00000400. The van der Waals surface area contributed by atoms with Crippen molar-refractivity contribution in [3.05, 3.63) is 33.8 Å². The summed E-state index contributed by atoms with van der Waals surface area (Å²) in [4.78, 5) is 12.6. The number of amides is 1. The molecular weight excluding hydrogens is 331 g/mol. The van der Waals surface area contributed by atoms with Gasteiger partial charge in [-0.2, -0.15) is 0 Å². The Morgan fingerprint density at radius 3 is 2.33 bits per heavy atom. The Labute approximate surface area is 143 Å². The van der Waals surface area contributed by atoms with Gasteiger partial charge in [0.2, 0.25) is 5.91 Å². The van der Waals surface area contributed by atoms with Gasteiger partial charge in [0.1, 0.15) is 0 Å². The Morgan fingerprint density at radius 1 is 1.24 bits per heavy atom. The zero-order valence-corrected chi connectivity index (χ0v) is 14.7. The molecule has 3 N–H and O–H groups in total. The maximum absolute atomic E-state index is 12.6. The van der Waals surface area contributed by atoms with Crippen LogP contribution in [0, 0.1) is 0 Å². The molecule has 0 aliphatic heterocycles. The second-order valence-corrected chi connectivity index (χ2v) is 5.63. The van der Waals surface area contributed by atoms with E-state index in [4.69, 9.17) is 28.9 Å². The van der Waals surface area contributed by atoms with Crippen LogP contribution in [0.25, 0.3) is 0 Å². The summed E-state index contributed by atoms with van der Waals surface area (Å²) in [6.45, 7) is 5.18. The zero-order valence-electron chi connectivity index (χ0n) is 12.4. The van der Waals surface area contributed by atoms with Crippen molar-refractivity contribution in [3.63, 3.8) is 0 Å². The van der Waals surface area contributed by atoms with Crippen molar-refractivity contribution in [2.45, 2.75) is 38.5 Å². The van der Waals surface area contributed by atoms with Gasteiger partial charge in [0.05, 0.1) is 15.5 Å². The van der Waals surface area contributed by atoms with E-state index in [2.05, 4.69) is 5.32 Å². The largest absolute Gasteiger partial charge is 0.355 e. The topological polar surface area (TPSA) is 55.1 Å². The first-order chi connectivity index (χ1) is 9.51. The molecule has 1 rings (SSSR count). The van der Waals surface area contributed by atoms with Gasteiger partial charge >= 0.3 is 0 Å². The van der Waals surface area contributed by atoms with E-state index in [0.717, 1.165) is 12.0 Å². The number of hydrogen-bond acceptors (Lipinski definition) is 2. The van der Waals surface area contributed by atoms with E-state index in [-0.39, 0.29) is 18.3 Å². The van der Waals surface area contributed by atoms with Crippen molar-refractivity contribution in [1.29, 1.82) is 0 Å². The van der Waals surface area contributed by atoms with E-state index in [1.165, 1.54) is 0 Å². The lowest BCUT2D eigenvalue weighted by atomic mass is 9.75. The molecule has 1 amide bonds. The monoisotopic (exact) mass is 352 g/mol. The molecule has 0 aromatic heterocycles. The fourth-order valence-electron chi connectivity index (χ4n) is 2.38. The van der Waals surface area contributed by atoms with Gasteiger partial charge < -0.3 is 11.1 Å². The minimum atomic E-state index is -0.567. The van der Waals surface area contributed by atoms with E-state index in [1.54, 1.807) is 12.1 Å². The highest BCUT2D eigenvalue weighted by molar-refractivity contribution is 6.42. The summed E-state index contributed by atoms with van der Waals surface area (Å²) in [5.74, 6) is 0.0225. The molecule has 0 radical (unpaired) electrons. The zero-order chi connectivity index (χ0) is 15.2. The standard InChI is InChI=1S/C15H22Cl2N2O.ClH/c1-3-15(4-2,14(20)19-9-5-8-18)11-6-7-12(16)13(17)10-11;/h6-7,10H,3-5,8-9,18H2,1-2H3,(H,19,20);1H. The first-order valence-corrected chi connectivity index (χ1v) is 7.71. The minimum absolute atomic E-state index is 0. The molecule has 1 aromatic rings. The van der Waals surface area contributed by atoms with Crippen molar-refractivity contribution >= 4 is 41.5 Å². The number of carbonyl (C=O) groups excluding carboxylic acids is 1. The molecule has 0 atom stereocenters. The van der Waals surface area contributed by atoms with E-state index < -0.39 is 5.41 Å². The Hall–Kier alpha value is -0.480. The van der Waals surface area contributed by atoms with Crippen LogP contribution in [0.2, 0.25) is 10.0 Å². The quantitative estimate of drug-likeness (QED) is 0.730. The number of rotatable bonds is 7. The van der Waals surface area contributed by atoms with Crippen molar-refractivity contribution in [3.8, 4) is 0 Å². The molecule has 0 bridgehead atoms. The summed E-state index contributed by atoms with van der Waals surface area (Å²) >= 11 is 12.0. The lowest BCUT2D eigenvalue weighted by Crippen LogP contribution is -2.44. The van der Waals surface area contributed by atoms with Crippen molar-refractivity contribution in [2.75, 3.05) is 13.1 Å². The summed E-state index contributed by atoms with van der Waals surface area (Å²) in [6, 6.07) is 5.41. The van der Waals surface area contributed by atoms with Crippen LogP contribution in [0.4, 0.5) is 0 Å². The fourth-order valence-corrected chi connectivity index (χ4v) is 2.68. The third-order valence-electron chi connectivity index (χ3n) is 3.78. The van der Waals surface area contributed by atoms with Gasteiger partial charge in [0.15, 0.2) is 0 Å². The maximum atomic E-state index is 12.6. The van der Waals surface area contributed by atoms with Crippen molar-refractivity contribution < 1.29 is 4.79 Å². The third kappa shape index (κ3) is 4.75. The molecule has 0 saturated heterocycles. The number of benzene rings is 1. The van der Waals surface area contributed by atoms with Crippen LogP contribution in [0.1, 0.15) is 38.7 Å². The summed E-state index contributed by atoms with van der Waals surface area (Å²) in [5, 5.41) is 3.94. The number of carbonyl (C=O) groups is 1. The van der Waals surface area contributed by atoms with Gasteiger partial charge in [-0.25, -0.2) is 0 Å². The Kier molecular flexibility index (Phi) is 9.30. The molecular formula is C15H23Cl3N2O. The van der Waals surface area contributed by atoms with Gasteiger partial charge in [0, 0.05) is 6.54 Å². The maximum Gasteiger partial charge on any atom is 0.230 e. The Bertz CT molecular complexity index is 462. The van der Waals surface area contributed by atoms with Crippen LogP contribution in [0.15, 0.2) is 18.2 Å². The average Bonchev–Trinajstić information content (AvgIpc) is 2.45. The summed E-state index contributed by atoms with van der Waals surface area (Å²) in [6.07, 6.45) is 2.18. The molecule has 1 aromatic carbocycles. The normalized spacial score (nSPS) is 10.9. The van der Waals surface area contributed by atoms with Crippen LogP contribution < -0.4 is 11.1 Å². The lowest BCUT2D eigenvalue weighted by Gasteiger charge is -2.31. The summed E-state index contributed by atoms with van der Waals surface area (Å²) < 4.78 is 0. The van der Waals surface area contributed by atoms with Gasteiger partial charge in [-0.05, 0) is 43.5 Å². The van der Waals surface area contributed by atoms with Crippen molar-refractivity contribution in [2.24, 2.45) is 5.73 Å². The smallest absolute Gasteiger partial charge is 0.230 e. The molecule has 120 valence electrons. The molecule has 0 aliphatic rings.